The minimum Gasteiger partial charge on any atom is -0.482 e. The molecule has 4 rings (SSSR count). The molecule has 0 saturated carbocycles. The summed E-state index contributed by atoms with van der Waals surface area (Å²) in [4.78, 5) is 41.7. The zero-order valence-corrected chi connectivity index (χ0v) is 19.4. The number of nitrogen functional groups attached to an aromatic ring is 1. The number of carbonyl (C=O) groups is 2. The number of nitrogens with two attached hydrogens (primary N) is 1. The van der Waals surface area contributed by atoms with Crippen LogP contribution in [-0.4, -0.2) is 75.5 Å². The highest BCUT2D eigenvalue weighted by atomic mass is 35.5. The Morgan fingerprint density at radius 3 is 2.82 bits per heavy atom. The molecule has 1 aliphatic rings. The molecule has 1 aromatic carbocycles. The van der Waals surface area contributed by atoms with Crippen molar-refractivity contribution < 1.29 is 19.1 Å². The topological polar surface area (TPSA) is 124 Å². The third-order valence-corrected chi connectivity index (χ3v) is 5.78. The van der Waals surface area contributed by atoms with Crippen molar-refractivity contribution in [1.29, 1.82) is 0 Å². The molecule has 0 aliphatic carbocycles. The second-order valence-electron chi connectivity index (χ2n) is 7.74. The summed E-state index contributed by atoms with van der Waals surface area (Å²) in [7, 11) is 0. The Morgan fingerprint density at radius 1 is 1.21 bits per heavy atom. The third kappa shape index (κ3) is 5.35. The molecule has 10 nitrogen and oxygen atoms in total. The molecule has 0 radical (unpaired) electrons. The van der Waals surface area contributed by atoms with Gasteiger partial charge in [-0.05, 0) is 36.8 Å². The molecule has 2 N–H and O–H groups in total. The molecule has 11 heteroatoms. The van der Waals surface area contributed by atoms with Gasteiger partial charge in [0, 0.05) is 31.6 Å². The number of hydrogen-bond donors (Lipinski definition) is 1. The lowest BCUT2D eigenvalue weighted by molar-refractivity contribution is -0.155. The molecular formula is C23H25ClN6O4. The molecule has 1 aliphatic heterocycles. The molecule has 1 fully saturated rings. The van der Waals surface area contributed by atoms with E-state index in [2.05, 4.69) is 15.0 Å². The summed E-state index contributed by atoms with van der Waals surface area (Å²) in [6, 6.07) is 8.12. The monoisotopic (exact) mass is 484 g/mol. The average Bonchev–Trinajstić information content (AvgIpc) is 2.84. The fourth-order valence-corrected chi connectivity index (χ4v) is 3.91. The molecule has 2 amide bonds. The van der Waals surface area contributed by atoms with Gasteiger partial charge in [-0.25, -0.2) is 15.0 Å². The third-order valence-electron chi connectivity index (χ3n) is 5.55. The lowest BCUT2D eigenvalue weighted by Crippen LogP contribution is -2.60. The van der Waals surface area contributed by atoms with Crippen molar-refractivity contribution >= 4 is 40.1 Å². The van der Waals surface area contributed by atoms with Crippen LogP contribution in [0, 0.1) is 0 Å². The predicted molar refractivity (Wildman–Crippen MR) is 126 cm³/mol. The van der Waals surface area contributed by atoms with E-state index in [1.54, 1.807) is 17.0 Å². The number of pyridine rings is 1. The van der Waals surface area contributed by atoms with E-state index in [1.807, 2.05) is 25.1 Å². The van der Waals surface area contributed by atoms with E-state index in [-0.39, 0.29) is 25.0 Å². The van der Waals surface area contributed by atoms with Gasteiger partial charge in [-0.2, -0.15) is 0 Å². The first kappa shape index (κ1) is 23.7. The maximum absolute atomic E-state index is 13.3. The minimum atomic E-state index is -0.730. The second kappa shape index (κ2) is 10.6. The van der Waals surface area contributed by atoms with Crippen LogP contribution < -0.4 is 10.5 Å². The smallest absolute Gasteiger partial charge is 0.261 e. The number of anilines is 1. The minimum absolute atomic E-state index is 0.113. The van der Waals surface area contributed by atoms with Crippen LogP contribution in [0.4, 0.5) is 5.82 Å². The van der Waals surface area contributed by atoms with Crippen molar-refractivity contribution in [3.8, 4) is 5.75 Å². The Morgan fingerprint density at radius 2 is 2.06 bits per heavy atom. The summed E-state index contributed by atoms with van der Waals surface area (Å²) in [6.07, 6.45) is 2.86. The van der Waals surface area contributed by atoms with E-state index in [4.69, 9.17) is 26.8 Å². The van der Waals surface area contributed by atoms with Gasteiger partial charge in [-0.3, -0.25) is 9.59 Å². The number of benzene rings is 1. The average molecular weight is 485 g/mol. The van der Waals surface area contributed by atoms with Crippen LogP contribution in [0.3, 0.4) is 0 Å². The predicted octanol–water partition coefficient (Wildman–Crippen LogP) is 1.92. The number of aromatic nitrogens is 3. The fraction of sp³-hybridized carbons (Fsp3) is 0.348. The molecule has 0 unspecified atom stereocenters. The first-order chi connectivity index (χ1) is 16.5. The molecule has 2 aromatic heterocycles. The lowest BCUT2D eigenvalue weighted by atomic mass is 10.1. The van der Waals surface area contributed by atoms with Gasteiger partial charge >= 0.3 is 0 Å². The van der Waals surface area contributed by atoms with Crippen molar-refractivity contribution in [2.45, 2.75) is 19.5 Å². The van der Waals surface area contributed by atoms with Crippen LogP contribution in [0.1, 0.15) is 12.5 Å². The molecule has 178 valence electrons. The van der Waals surface area contributed by atoms with Gasteiger partial charge < -0.3 is 25.0 Å². The number of amides is 2. The zero-order chi connectivity index (χ0) is 24.1. The highest BCUT2D eigenvalue weighted by Crippen LogP contribution is 2.21. The fourth-order valence-electron chi connectivity index (χ4n) is 3.80. The number of nitrogens with zero attached hydrogens (tertiary/aromatic N) is 5. The maximum atomic E-state index is 13.3. The van der Waals surface area contributed by atoms with Crippen molar-refractivity contribution in [3.63, 3.8) is 0 Å². The molecule has 0 spiro atoms. The summed E-state index contributed by atoms with van der Waals surface area (Å²) < 4.78 is 11.1. The number of halogens is 1. The summed E-state index contributed by atoms with van der Waals surface area (Å²) in [6.45, 7) is 3.32. The molecule has 34 heavy (non-hydrogen) atoms. The van der Waals surface area contributed by atoms with Crippen LogP contribution in [0.15, 0.2) is 42.9 Å². The molecule has 1 saturated heterocycles. The van der Waals surface area contributed by atoms with Crippen molar-refractivity contribution in [1.82, 2.24) is 24.8 Å². The lowest BCUT2D eigenvalue weighted by Gasteiger charge is -2.40. The van der Waals surface area contributed by atoms with Crippen molar-refractivity contribution in [2.75, 3.05) is 38.6 Å². The Balaban J connectivity index is 1.44. The number of ether oxygens (including phenoxy) is 2. The van der Waals surface area contributed by atoms with Crippen LogP contribution in [-0.2, 0) is 20.9 Å². The van der Waals surface area contributed by atoms with E-state index < -0.39 is 6.04 Å². The Hall–Kier alpha value is -3.50. The SMILES string of the molecule is CCOC[C@@H]1C(=O)N(Cc2ccc3c(N)ncnc3c2)CCN1C(=O)COc1ccc(Cl)nc1. The second-order valence-corrected chi connectivity index (χ2v) is 8.13. The molecule has 3 heterocycles. The van der Waals surface area contributed by atoms with Gasteiger partial charge in [0.25, 0.3) is 5.91 Å². The highest BCUT2D eigenvalue weighted by Gasteiger charge is 2.37. The van der Waals surface area contributed by atoms with Gasteiger partial charge in [0.1, 0.15) is 29.1 Å². The van der Waals surface area contributed by atoms with Crippen LogP contribution in [0.25, 0.3) is 10.9 Å². The molecule has 3 aromatic rings. The van der Waals surface area contributed by atoms with Gasteiger partial charge in [0.05, 0.1) is 18.3 Å². The number of piperazine rings is 1. The molecule has 1 atom stereocenters. The first-order valence-electron chi connectivity index (χ1n) is 10.9. The van der Waals surface area contributed by atoms with Gasteiger partial charge in [0.2, 0.25) is 5.91 Å². The summed E-state index contributed by atoms with van der Waals surface area (Å²) in [5, 5.41) is 1.10. The van der Waals surface area contributed by atoms with Crippen LogP contribution in [0.2, 0.25) is 5.15 Å². The van der Waals surface area contributed by atoms with E-state index in [1.165, 1.54) is 17.4 Å². The number of fused-ring (bicyclic) bond motifs is 1. The van der Waals surface area contributed by atoms with Crippen LogP contribution in [0.5, 0.6) is 5.75 Å². The van der Waals surface area contributed by atoms with Crippen LogP contribution >= 0.6 is 11.6 Å². The molecule has 0 bridgehead atoms. The molecular weight excluding hydrogens is 460 g/mol. The number of hydrogen-bond acceptors (Lipinski definition) is 8. The van der Waals surface area contributed by atoms with Crippen molar-refractivity contribution in [2.24, 2.45) is 0 Å². The normalized spacial score (nSPS) is 16.2. The summed E-state index contributed by atoms with van der Waals surface area (Å²) >= 11 is 5.78. The van der Waals surface area contributed by atoms with E-state index in [9.17, 15) is 9.59 Å². The first-order valence-corrected chi connectivity index (χ1v) is 11.2. The van der Waals surface area contributed by atoms with Crippen molar-refractivity contribution in [3.05, 3.63) is 53.6 Å². The quantitative estimate of drug-likeness (QED) is 0.481. The standard InChI is InChI=1S/C23H25ClN6O4/c1-2-33-12-19-23(32)29(11-15-3-5-17-18(9-15)27-14-28-22(17)25)7-8-30(19)21(31)13-34-16-4-6-20(24)26-10-16/h3-6,9-10,14,19H,2,7-8,11-13H2,1H3,(H2,25,27,28)/t19-/m1/s1. The van der Waals surface area contributed by atoms with Gasteiger partial charge in [-0.15, -0.1) is 0 Å². The van der Waals surface area contributed by atoms with E-state index in [0.717, 1.165) is 10.9 Å². The Bertz CT molecular complexity index is 1180. The van der Waals surface area contributed by atoms with Gasteiger partial charge in [0.15, 0.2) is 6.61 Å². The largest absolute Gasteiger partial charge is 0.482 e. The van der Waals surface area contributed by atoms with Gasteiger partial charge in [-0.1, -0.05) is 17.7 Å². The highest BCUT2D eigenvalue weighted by molar-refractivity contribution is 6.29. The summed E-state index contributed by atoms with van der Waals surface area (Å²) in [5.41, 5.74) is 7.53. The van der Waals surface area contributed by atoms with E-state index in [0.29, 0.717) is 48.5 Å². The zero-order valence-electron chi connectivity index (χ0n) is 18.7. The summed E-state index contributed by atoms with van der Waals surface area (Å²) in [5.74, 6) is 0.354. The van der Waals surface area contributed by atoms with E-state index >= 15 is 0 Å². The maximum Gasteiger partial charge on any atom is 0.261 e. The Kier molecular flexibility index (Phi) is 7.39. The number of carbonyl (C=O) groups excluding carboxylic acids is 2. The number of rotatable bonds is 8. The Labute approximate surface area is 201 Å².